The first-order valence-electron chi connectivity index (χ1n) is 5.23. The molecule has 0 nitrogen and oxygen atoms in total. The molecule has 0 unspecified atom stereocenters. The number of hydrogen-bond acceptors (Lipinski definition) is 0. The molecule has 0 bridgehead atoms. The van der Waals surface area contributed by atoms with Gasteiger partial charge in [-0.1, -0.05) is 46.3 Å². The zero-order valence-corrected chi connectivity index (χ0v) is 12.5. The summed E-state index contributed by atoms with van der Waals surface area (Å²) in [4.78, 5) is 0. The Bertz CT molecular complexity index is 462. The first-order chi connectivity index (χ1) is 7.75. The fourth-order valence-corrected chi connectivity index (χ4v) is 2.55. The van der Waals surface area contributed by atoms with Crippen LogP contribution in [0, 0.1) is 3.57 Å². The van der Waals surface area contributed by atoms with Crippen LogP contribution < -0.4 is 0 Å². The van der Waals surface area contributed by atoms with E-state index in [0.717, 1.165) is 17.3 Å². The third-order valence-corrected chi connectivity index (χ3v) is 4.14. The standard InChI is InChI=1S/C14H12BrI/c15-13-9-6-11(7-10-13)5-8-12-3-1-2-4-14(12)16/h1-4,6-7,9-10H,5,8H2. The lowest BCUT2D eigenvalue weighted by atomic mass is 10.0. The van der Waals surface area contributed by atoms with Crippen molar-refractivity contribution in [1.29, 1.82) is 0 Å². The molecule has 0 heterocycles. The quantitative estimate of drug-likeness (QED) is 0.662. The molecule has 0 fully saturated rings. The van der Waals surface area contributed by atoms with Gasteiger partial charge in [0.1, 0.15) is 0 Å². The lowest BCUT2D eigenvalue weighted by Crippen LogP contribution is -1.93. The third-order valence-electron chi connectivity index (χ3n) is 2.55. The molecule has 0 amide bonds. The van der Waals surface area contributed by atoms with E-state index in [-0.39, 0.29) is 0 Å². The first kappa shape index (κ1) is 12.1. The Morgan fingerprint density at radius 2 is 1.56 bits per heavy atom. The highest BCUT2D eigenvalue weighted by molar-refractivity contribution is 14.1. The molecule has 0 N–H and O–H groups in total. The van der Waals surface area contributed by atoms with Gasteiger partial charge < -0.3 is 0 Å². The maximum Gasteiger partial charge on any atom is 0.0175 e. The molecule has 2 aromatic rings. The van der Waals surface area contributed by atoms with Gasteiger partial charge in [-0.15, -0.1) is 0 Å². The summed E-state index contributed by atoms with van der Waals surface area (Å²) in [5.74, 6) is 0. The molecule has 0 aliphatic heterocycles. The zero-order chi connectivity index (χ0) is 11.4. The summed E-state index contributed by atoms with van der Waals surface area (Å²) in [6.07, 6.45) is 2.22. The minimum atomic E-state index is 1.10. The van der Waals surface area contributed by atoms with Crippen LogP contribution in [0.4, 0.5) is 0 Å². The Hall–Kier alpha value is -0.350. The molecular formula is C14H12BrI. The summed E-state index contributed by atoms with van der Waals surface area (Å²) in [5.41, 5.74) is 2.83. The van der Waals surface area contributed by atoms with E-state index in [1.165, 1.54) is 14.7 Å². The summed E-state index contributed by atoms with van der Waals surface area (Å²) in [6, 6.07) is 17.1. The summed E-state index contributed by atoms with van der Waals surface area (Å²) in [5, 5.41) is 0. The van der Waals surface area contributed by atoms with Gasteiger partial charge in [0.2, 0.25) is 0 Å². The van der Waals surface area contributed by atoms with Crippen molar-refractivity contribution >= 4 is 38.5 Å². The van der Waals surface area contributed by atoms with Gasteiger partial charge in [-0.25, -0.2) is 0 Å². The number of benzene rings is 2. The van der Waals surface area contributed by atoms with Crippen LogP contribution in [0.15, 0.2) is 53.0 Å². The number of hydrogen-bond donors (Lipinski definition) is 0. The van der Waals surface area contributed by atoms with Crippen molar-refractivity contribution in [3.8, 4) is 0 Å². The highest BCUT2D eigenvalue weighted by atomic mass is 127. The Kier molecular flexibility index (Phi) is 4.41. The van der Waals surface area contributed by atoms with E-state index in [1.54, 1.807) is 0 Å². The number of rotatable bonds is 3. The van der Waals surface area contributed by atoms with E-state index >= 15 is 0 Å². The smallest absolute Gasteiger partial charge is 0.0175 e. The molecule has 0 saturated carbocycles. The molecular weight excluding hydrogens is 375 g/mol. The lowest BCUT2D eigenvalue weighted by molar-refractivity contribution is 0.953. The Balaban J connectivity index is 2.02. The summed E-state index contributed by atoms with van der Waals surface area (Å²) >= 11 is 5.85. The summed E-state index contributed by atoms with van der Waals surface area (Å²) < 4.78 is 2.50. The van der Waals surface area contributed by atoms with Crippen molar-refractivity contribution in [2.75, 3.05) is 0 Å². The molecule has 0 saturated heterocycles. The molecule has 0 aliphatic rings. The molecule has 16 heavy (non-hydrogen) atoms. The minimum absolute atomic E-state index is 1.10. The average Bonchev–Trinajstić information content (AvgIpc) is 2.30. The second kappa shape index (κ2) is 5.82. The van der Waals surface area contributed by atoms with E-state index in [4.69, 9.17) is 0 Å². The lowest BCUT2D eigenvalue weighted by Gasteiger charge is -2.04. The Labute approximate surface area is 118 Å². The van der Waals surface area contributed by atoms with Crippen molar-refractivity contribution in [3.05, 3.63) is 67.7 Å². The Morgan fingerprint density at radius 3 is 2.25 bits per heavy atom. The normalized spacial score (nSPS) is 10.4. The van der Waals surface area contributed by atoms with Gasteiger partial charge in [0, 0.05) is 8.04 Å². The topological polar surface area (TPSA) is 0 Å². The molecule has 0 spiro atoms. The number of halogens is 2. The fraction of sp³-hybridized carbons (Fsp3) is 0.143. The molecule has 2 aromatic carbocycles. The van der Waals surface area contributed by atoms with Gasteiger partial charge in [0.25, 0.3) is 0 Å². The second-order valence-electron chi connectivity index (χ2n) is 3.72. The van der Waals surface area contributed by atoms with E-state index in [9.17, 15) is 0 Å². The van der Waals surface area contributed by atoms with Crippen molar-refractivity contribution in [3.63, 3.8) is 0 Å². The van der Waals surface area contributed by atoms with Gasteiger partial charge in [0.15, 0.2) is 0 Å². The van der Waals surface area contributed by atoms with Crippen molar-refractivity contribution < 1.29 is 0 Å². The average molecular weight is 387 g/mol. The number of aryl methyl sites for hydroxylation is 2. The second-order valence-corrected chi connectivity index (χ2v) is 5.80. The predicted molar refractivity (Wildman–Crippen MR) is 80.7 cm³/mol. The maximum atomic E-state index is 3.45. The molecule has 2 heteroatoms. The van der Waals surface area contributed by atoms with Crippen LogP contribution in [-0.4, -0.2) is 0 Å². The molecule has 0 aromatic heterocycles. The van der Waals surface area contributed by atoms with Crippen LogP contribution in [0.3, 0.4) is 0 Å². The van der Waals surface area contributed by atoms with Gasteiger partial charge >= 0.3 is 0 Å². The largest absolute Gasteiger partial charge is 0.0619 e. The van der Waals surface area contributed by atoms with Crippen LogP contribution in [0.5, 0.6) is 0 Å². The molecule has 2 rings (SSSR count). The van der Waals surface area contributed by atoms with Crippen molar-refractivity contribution in [2.45, 2.75) is 12.8 Å². The highest BCUT2D eigenvalue weighted by Gasteiger charge is 1.99. The summed E-state index contributed by atoms with van der Waals surface area (Å²) in [7, 11) is 0. The van der Waals surface area contributed by atoms with Crippen LogP contribution in [-0.2, 0) is 12.8 Å². The highest BCUT2D eigenvalue weighted by Crippen LogP contribution is 2.16. The van der Waals surface area contributed by atoms with Gasteiger partial charge in [-0.2, -0.15) is 0 Å². The van der Waals surface area contributed by atoms with Crippen LogP contribution >= 0.6 is 38.5 Å². The molecule has 0 aliphatic carbocycles. The molecule has 82 valence electrons. The van der Waals surface area contributed by atoms with Gasteiger partial charge in [0.05, 0.1) is 0 Å². The van der Waals surface area contributed by atoms with E-state index in [0.29, 0.717) is 0 Å². The SMILES string of the molecule is Brc1ccc(CCc2ccccc2I)cc1. The van der Waals surface area contributed by atoms with Gasteiger partial charge in [-0.05, 0) is 64.8 Å². The van der Waals surface area contributed by atoms with Crippen LogP contribution in [0.25, 0.3) is 0 Å². The van der Waals surface area contributed by atoms with E-state index in [2.05, 4.69) is 87.1 Å². The first-order valence-corrected chi connectivity index (χ1v) is 7.11. The predicted octanol–water partition coefficient (Wildman–Crippen LogP) is 4.84. The zero-order valence-electron chi connectivity index (χ0n) is 8.79. The van der Waals surface area contributed by atoms with E-state index < -0.39 is 0 Å². The van der Waals surface area contributed by atoms with Crippen LogP contribution in [0.2, 0.25) is 0 Å². The van der Waals surface area contributed by atoms with Crippen LogP contribution in [0.1, 0.15) is 11.1 Å². The minimum Gasteiger partial charge on any atom is -0.0619 e. The molecule has 0 radical (unpaired) electrons. The monoisotopic (exact) mass is 386 g/mol. The molecule has 0 atom stereocenters. The third kappa shape index (κ3) is 3.32. The fourth-order valence-electron chi connectivity index (χ4n) is 1.63. The Morgan fingerprint density at radius 1 is 0.875 bits per heavy atom. The van der Waals surface area contributed by atoms with Crippen molar-refractivity contribution in [2.24, 2.45) is 0 Å². The van der Waals surface area contributed by atoms with Crippen molar-refractivity contribution in [1.82, 2.24) is 0 Å². The van der Waals surface area contributed by atoms with Gasteiger partial charge in [-0.3, -0.25) is 0 Å². The maximum absolute atomic E-state index is 3.45. The summed E-state index contributed by atoms with van der Waals surface area (Å²) in [6.45, 7) is 0. The van der Waals surface area contributed by atoms with E-state index in [1.807, 2.05) is 0 Å².